The summed E-state index contributed by atoms with van der Waals surface area (Å²) in [6, 6.07) is 10.3. The van der Waals surface area contributed by atoms with Crippen molar-refractivity contribution in [2.24, 2.45) is 0 Å². The number of nitrogens with one attached hydrogen (secondary N) is 1. The third kappa shape index (κ3) is 7.21. The largest absolute Gasteiger partial charge is 0.504 e. The number of phenolic OH excluding ortho intramolecular Hbond substituents is 6. The zero-order valence-electron chi connectivity index (χ0n) is 20.6. The Bertz CT molecular complexity index is 1430. The van der Waals surface area contributed by atoms with E-state index in [-0.39, 0.29) is 23.6 Å². The quantitative estimate of drug-likeness (QED) is 0.0818. The van der Waals surface area contributed by atoms with Crippen LogP contribution in [0.4, 0.5) is 0 Å². The van der Waals surface area contributed by atoms with Gasteiger partial charge in [-0.1, -0.05) is 24.3 Å². The fourth-order valence-electron chi connectivity index (χ4n) is 3.75. The first-order valence-corrected chi connectivity index (χ1v) is 11.5. The zero-order chi connectivity index (χ0) is 28.7. The number of aliphatic carboxylic acids is 1. The highest BCUT2D eigenvalue weighted by Crippen LogP contribution is 2.33. The van der Waals surface area contributed by atoms with Crippen molar-refractivity contribution >= 4 is 30.2 Å². The van der Waals surface area contributed by atoms with E-state index in [2.05, 4.69) is 5.32 Å². The molecule has 2 atom stereocenters. The molecule has 39 heavy (non-hydrogen) atoms. The summed E-state index contributed by atoms with van der Waals surface area (Å²) in [6.07, 6.45) is 3.63. The number of rotatable bonds is 10. The van der Waals surface area contributed by atoms with Gasteiger partial charge in [-0.25, -0.2) is 9.59 Å². The van der Waals surface area contributed by atoms with Gasteiger partial charge in [-0.15, -0.1) is 0 Å². The molecular formula is C28H27NO10. The van der Waals surface area contributed by atoms with E-state index in [4.69, 9.17) is 4.74 Å². The van der Waals surface area contributed by atoms with Gasteiger partial charge < -0.3 is 45.8 Å². The smallest absolute Gasteiger partial charge is 0.345 e. The first kappa shape index (κ1) is 28.4. The van der Waals surface area contributed by atoms with Crippen molar-refractivity contribution < 1.29 is 50.1 Å². The van der Waals surface area contributed by atoms with Crippen molar-refractivity contribution in [2.45, 2.75) is 12.0 Å². The highest BCUT2D eigenvalue weighted by atomic mass is 16.6. The molecule has 0 aliphatic rings. The number of hydrogen-bond acceptors (Lipinski definition) is 10. The summed E-state index contributed by atoms with van der Waals surface area (Å²) in [5.74, 6) is -5.75. The molecule has 3 rings (SSSR count). The van der Waals surface area contributed by atoms with Gasteiger partial charge in [0, 0.05) is 18.5 Å². The maximum absolute atomic E-state index is 12.6. The number of carbonyl (C=O) groups is 2. The van der Waals surface area contributed by atoms with Crippen molar-refractivity contribution in [1.82, 2.24) is 5.32 Å². The molecule has 0 aromatic heterocycles. The maximum Gasteiger partial charge on any atom is 0.345 e. The highest BCUT2D eigenvalue weighted by molar-refractivity contribution is 5.91. The van der Waals surface area contributed by atoms with Crippen LogP contribution in [-0.4, -0.2) is 67.4 Å². The van der Waals surface area contributed by atoms with E-state index in [9.17, 15) is 45.3 Å². The molecule has 3 aromatic rings. The average molecular weight is 538 g/mol. The van der Waals surface area contributed by atoms with Gasteiger partial charge in [-0.2, -0.15) is 0 Å². The molecule has 0 spiro atoms. The molecule has 0 fully saturated rings. The van der Waals surface area contributed by atoms with Crippen LogP contribution in [0.15, 0.2) is 54.6 Å². The molecule has 11 heteroatoms. The number of phenols is 6. The summed E-state index contributed by atoms with van der Waals surface area (Å²) >= 11 is 0. The van der Waals surface area contributed by atoms with Crippen LogP contribution < -0.4 is 5.32 Å². The Labute approximate surface area is 222 Å². The zero-order valence-corrected chi connectivity index (χ0v) is 20.6. The fourth-order valence-corrected chi connectivity index (χ4v) is 3.75. The number of esters is 1. The monoisotopic (exact) mass is 537 g/mol. The SMILES string of the molecule is CNC[C@@H](c1ccc(O)c(O)c1)[C@@H](OC(=O)C=Cc1cc(O)c(O)cc1C=Cc1ccc(O)c(O)c1)C(=O)O. The van der Waals surface area contributed by atoms with Gasteiger partial charge in [0.1, 0.15) is 0 Å². The minimum atomic E-state index is -1.66. The predicted molar refractivity (Wildman–Crippen MR) is 141 cm³/mol. The lowest BCUT2D eigenvalue weighted by Gasteiger charge is -2.24. The van der Waals surface area contributed by atoms with Crippen LogP contribution in [0.5, 0.6) is 34.5 Å². The number of aromatic hydroxyl groups is 6. The lowest BCUT2D eigenvalue weighted by Crippen LogP contribution is -2.37. The molecule has 204 valence electrons. The van der Waals surface area contributed by atoms with Crippen LogP contribution in [0.1, 0.15) is 28.2 Å². The molecule has 0 heterocycles. The number of hydrogen-bond donors (Lipinski definition) is 8. The fraction of sp³-hybridized carbons (Fsp3) is 0.143. The molecule has 0 saturated heterocycles. The molecule has 3 aromatic carbocycles. The molecule has 0 amide bonds. The number of benzene rings is 3. The predicted octanol–water partition coefficient (Wildman–Crippen LogP) is 3.10. The van der Waals surface area contributed by atoms with Crippen LogP contribution >= 0.6 is 0 Å². The summed E-state index contributed by atoms with van der Waals surface area (Å²) in [6.45, 7) is 0.0613. The molecular weight excluding hydrogens is 510 g/mol. The van der Waals surface area contributed by atoms with E-state index in [1.807, 2.05) is 0 Å². The Morgan fingerprint density at radius 1 is 0.769 bits per heavy atom. The van der Waals surface area contributed by atoms with Crippen LogP contribution in [0.3, 0.4) is 0 Å². The van der Waals surface area contributed by atoms with Crippen molar-refractivity contribution in [3.63, 3.8) is 0 Å². The Hall–Kier alpha value is -5.16. The number of carboxylic acid groups (broad SMARTS) is 1. The van der Waals surface area contributed by atoms with E-state index in [0.717, 1.165) is 6.08 Å². The van der Waals surface area contributed by atoms with Crippen molar-refractivity contribution in [2.75, 3.05) is 13.6 Å². The van der Waals surface area contributed by atoms with E-state index >= 15 is 0 Å². The van der Waals surface area contributed by atoms with Crippen LogP contribution in [0, 0.1) is 0 Å². The van der Waals surface area contributed by atoms with Gasteiger partial charge >= 0.3 is 11.9 Å². The molecule has 0 unspecified atom stereocenters. The van der Waals surface area contributed by atoms with Crippen LogP contribution in [-0.2, 0) is 14.3 Å². The standard InChI is InChI=1S/C28H27NO10/c1-29-14-19(18-5-8-21(31)23(33)13-18)27(28(37)38)39-26(36)9-6-17-12-25(35)24(34)11-16(17)4-2-15-3-7-20(30)22(32)10-15/h2-13,19,27,29-35H,14H2,1H3,(H,37,38)/t19-,27+/m0/s1. The third-order valence-corrected chi connectivity index (χ3v) is 5.74. The Balaban J connectivity index is 1.86. The Morgan fingerprint density at radius 3 is 1.90 bits per heavy atom. The molecule has 0 saturated carbocycles. The van der Waals surface area contributed by atoms with Crippen molar-refractivity contribution in [1.29, 1.82) is 0 Å². The Kier molecular flexibility index (Phi) is 9.03. The maximum atomic E-state index is 12.6. The van der Waals surface area contributed by atoms with Crippen molar-refractivity contribution in [3.8, 4) is 34.5 Å². The minimum Gasteiger partial charge on any atom is -0.504 e. The lowest BCUT2D eigenvalue weighted by atomic mass is 9.92. The van der Waals surface area contributed by atoms with Gasteiger partial charge in [0.2, 0.25) is 6.10 Å². The van der Waals surface area contributed by atoms with Gasteiger partial charge in [0.25, 0.3) is 0 Å². The molecule has 0 aliphatic heterocycles. The van der Waals surface area contributed by atoms with E-state index in [0.29, 0.717) is 16.7 Å². The second kappa shape index (κ2) is 12.4. The molecule has 0 radical (unpaired) electrons. The lowest BCUT2D eigenvalue weighted by molar-refractivity contribution is -0.162. The second-order valence-electron chi connectivity index (χ2n) is 8.49. The van der Waals surface area contributed by atoms with Crippen molar-refractivity contribution in [3.05, 3.63) is 76.9 Å². The van der Waals surface area contributed by atoms with Crippen LogP contribution in [0.2, 0.25) is 0 Å². The summed E-state index contributed by atoms with van der Waals surface area (Å²) in [4.78, 5) is 24.6. The summed E-state index contributed by atoms with van der Waals surface area (Å²) in [7, 11) is 1.57. The van der Waals surface area contributed by atoms with Gasteiger partial charge in [0.05, 0.1) is 0 Å². The molecule has 8 N–H and O–H groups in total. The molecule has 0 aliphatic carbocycles. The average Bonchev–Trinajstić information content (AvgIpc) is 2.89. The first-order chi connectivity index (χ1) is 18.5. The van der Waals surface area contributed by atoms with E-state index in [1.54, 1.807) is 13.1 Å². The van der Waals surface area contributed by atoms with E-state index in [1.165, 1.54) is 60.7 Å². The number of carboxylic acids is 1. The van der Waals surface area contributed by atoms with Gasteiger partial charge in [0.15, 0.2) is 34.5 Å². The van der Waals surface area contributed by atoms with Crippen LogP contribution in [0.25, 0.3) is 18.2 Å². The summed E-state index contributed by atoms with van der Waals surface area (Å²) in [5.41, 5.74) is 1.43. The summed E-state index contributed by atoms with van der Waals surface area (Å²) in [5, 5.41) is 71.0. The van der Waals surface area contributed by atoms with E-state index < -0.39 is 47.0 Å². The minimum absolute atomic E-state index is 0.0613. The van der Waals surface area contributed by atoms with Gasteiger partial charge in [-0.3, -0.25) is 0 Å². The number of carbonyl (C=O) groups excluding carboxylic acids is 1. The summed E-state index contributed by atoms with van der Waals surface area (Å²) < 4.78 is 5.23. The molecule has 11 nitrogen and oxygen atoms in total. The number of ether oxygens (including phenoxy) is 1. The normalized spacial score (nSPS) is 12.9. The van der Waals surface area contributed by atoms with Gasteiger partial charge in [-0.05, 0) is 71.8 Å². The highest BCUT2D eigenvalue weighted by Gasteiger charge is 2.33. The Morgan fingerprint density at radius 2 is 1.33 bits per heavy atom. The molecule has 0 bridgehead atoms. The third-order valence-electron chi connectivity index (χ3n) is 5.74. The second-order valence-corrected chi connectivity index (χ2v) is 8.49. The first-order valence-electron chi connectivity index (χ1n) is 11.5. The number of likely N-dealkylation sites (N-methyl/N-ethyl adjacent to an activating group) is 1. The topological polar surface area (TPSA) is 197 Å².